The van der Waals surface area contributed by atoms with Gasteiger partial charge < -0.3 is 15.3 Å². The molecule has 2 aliphatic rings. The van der Waals surface area contributed by atoms with E-state index in [1.807, 2.05) is 6.07 Å². The molecule has 2 N–H and O–H groups in total. The van der Waals surface area contributed by atoms with Crippen molar-refractivity contribution in [2.45, 2.75) is 57.9 Å². The number of aldehydes is 1. The van der Waals surface area contributed by atoms with E-state index in [0.29, 0.717) is 12.3 Å². The summed E-state index contributed by atoms with van der Waals surface area (Å²) in [6.45, 7) is 4.44. The summed E-state index contributed by atoms with van der Waals surface area (Å²) in [6.07, 6.45) is 8.60. The molecule has 1 aromatic carbocycles. The van der Waals surface area contributed by atoms with Gasteiger partial charge in [-0.3, -0.25) is 0 Å². The number of nitrogens with zero attached hydrogens (tertiary/aromatic N) is 1. The van der Waals surface area contributed by atoms with Crippen LogP contribution in [-0.4, -0.2) is 23.2 Å². The van der Waals surface area contributed by atoms with Gasteiger partial charge in [-0.15, -0.1) is 0 Å². The highest BCUT2D eigenvalue weighted by molar-refractivity contribution is 5.83. The normalized spacial score (nSPS) is 26.0. The van der Waals surface area contributed by atoms with Crippen LogP contribution in [0.1, 0.15) is 62.6 Å². The predicted molar refractivity (Wildman–Crippen MR) is 96.3 cm³/mol. The Morgan fingerprint density at radius 3 is 2.96 bits per heavy atom. The number of hydrogen-bond donors (Lipinski definition) is 2. The minimum Gasteiger partial charge on any atom is -0.411 e. The smallest absolute Gasteiger partial charge is 0.120 e. The van der Waals surface area contributed by atoms with E-state index >= 15 is 0 Å². The Morgan fingerprint density at radius 1 is 1.38 bits per heavy atom. The van der Waals surface area contributed by atoms with Crippen LogP contribution in [0.2, 0.25) is 0 Å². The standard InChI is InChI=1S/C20H26N2O2/c1-20(2)12-16-8-7-14(13-21-24)11-18(16)19(22-20)17-6-4-3-5-15(17)9-10-23/h7-8,10-11,13,15,22,24H,3-6,9,12H2,1-2H3/b19-17?,21-13-. The molecule has 0 amide bonds. The number of fused-ring (bicyclic) bond motifs is 1. The molecule has 0 radical (unpaired) electrons. The van der Waals surface area contributed by atoms with Crippen molar-refractivity contribution in [3.63, 3.8) is 0 Å². The van der Waals surface area contributed by atoms with Crippen LogP contribution in [0.25, 0.3) is 5.70 Å². The Hall–Kier alpha value is -2.10. The Balaban J connectivity index is 2.14. The van der Waals surface area contributed by atoms with Gasteiger partial charge in [0, 0.05) is 23.2 Å². The van der Waals surface area contributed by atoms with E-state index in [1.54, 1.807) is 0 Å². The molecule has 1 aliphatic heterocycles. The maximum atomic E-state index is 11.1. The Bertz CT molecular complexity index is 689. The summed E-state index contributed by atoms with van der Waals surface area (Å²) in [4.78, 5) is 11.1. The molecular formula is C20H26N2O2. The fraction of sp³-hybridized carbons (Fsp3) is 0.500. The van der Waals surface area contributed by atoms with Gasteiger partial charge in [0.05, 0.1) is 6.21 Å². The number of carbonyl (C=O) groups is 1. The van der Waals surface area contributed by atoms with Gasteiger partial charge in [0.15, 0.2) is 0 Å². The third-order valence-corrected chi connectivity index (χ3v) is 5.15. The quantitative estimate of drug-likeness (QED) is 0.383. The van der Waals surface area contributed by atoms with Gasteiger partial charge in [0.1, 0.15) is 6.29 Å². The summed E-state index contributed by atoms with van der Waals surface area (Å²) in [5.41, 5.74) is 5.97. The first kappa shape index (κ1) is 16.7. The van der Waals surface area contributed by atoms with E-state index in [-0.39, 0.29) is 5.54 Å². The van der Waals surface area contributed by atoms with Crippen LogP contribution in [0.5, 0.6) is 0 Å². The number of benzene rings is 1. The van der Waals surface area contributed by atoms with Crippen molar-refractivity contribution in [3.8, 4) is 0 Å². The number of oxime groups is 1. The van der Waals surface area contributed by atoms with Crippen LogP contribution in [0, 0.1) is 5.92 Å². The Morgan fingerprint density at radius 2 is 2.21 bits per heavy atom. The fourth-order valence-corrected chi connectivity index (χ4v) is 4.10. The average molecular weight is 326 g/mol. The van der Waals surface area contributed by atoms with Crippen molar-refractivity contribution in [2.75, 3.05) is 0 Å². The molecule has 0 aromatic heterocycles. The first-order valence-electron chi connectivity index (χ1n) is 8.79. The third kappa shape index (κ3) is 3.37. The lowest BCUT2D eigenvalue weighted by Crippen LogP contribution is -2.44. The summed E-state index contributed by atoms with van der Waals surface area (Å²) in [7, 11) is 0. The number of allylic oxidation sites excluding steroid dienone is 1. The van der Waals surface area contributed by atoms with Crippen LogP contribution in [-0.2, 0) is 11.2 Å². The van der Waals surface area contributed by atoms with E-state index in [4.69, 9.17) is 5.21 Å². The molecule has 0 bridgehead atoms. The van der Waals surface area contributed by atoms with Crippen molar-refractivity contribution in [1.82, 2.24) is 5.32 Å². The molecule has 0 spiro atoms. The van der Waals surface area contributed by atoms with Crippen LogP contribution < -0.4 is 5.32 Å². The molecule has 1 aliphatic carbocycles. The van der Waals surface area contributed by atoms with Gasteiger partial charge in [0.25, 0.3) is 0 Å². The van der Waals surface area contributed by atoms with Gasteiger partial charge in [-0.1, -0.05) is 23.7 Å². The van der Waals surface area contributed by atoms with Gasteiger partial charge in [-0.25, -0.2) is 0 Å². The second kappa shape index (κ2) is 6.80. The predicted octanol–water partition coefficient (Wildman–Crippen LogP) is 3.91. The molecule has 128 valence electrons. The average Bonchev–Trinajstić information content (AvgIpc) is 2.55. The fourth-order valence-electron chi connectivity index (χ4n) is 4.10. The number of carbonyl (C=O) groups excluding carboxylic acids is 1. The number of hydrogen-bond acceptors (Lipinski definition) is 4. The molecule has 4 nitrogen and oxygen atoms in total. The van der Waals surface area contributed by atoms with Crippen molar-refractivity contribution < 1.29 is 10.0 Å². The van der Waals surface area contributed by atoms with Gasteiger partial charge in [-0.05, 0) is 68.2 Å². The highest BCUT2D eigenvalue weighted by Gasteiger charge is 2.32. The molecule has 1 fully saturated rings. The minimum atomic E-state index is -0.00884. The van der Waals surface area contributed by atoms with Gasteiger partial charge in [0.2, 0.25) is 0 Å². The molecule has 4 heteroatoms. The topological polar surface area (TPSA) is 61.7 Å². The number of rotatable bonds is 3. The molecule has 1 saturated carbocycles. The first-order chi connectivity index (χ1) is 11.5. The molecule has 0 saturated heterocycles. The molecule has 24 heavy (non-hydrogen) atoms. The zero-order chi connectivity index (χ0) is 17.2. The molecular weight excluding hydrogens is 300 g/mol. The highest BCUT2D eigenvalue weighted by atomic mass is 16.4. The maximum absolute atomic E-state index is 11.1. The van der Waals surface area contributed by atoms with E-state index in [1.165, 1.54) is 41.5 Å². The highest BCUT2D eigenvalue weighted by Crippen LogP contribution is 2.40. The molecule has 1 atom stereocenters. The van der Waals surface area contributed by atoms with E-state index in [0.717, 1.165) is 31.1 Å². The lowest BCUT2D eigenvalue weighted by Gasteiger charge is -2.39. The number of nitrogens with one attached hydrogen (secondary N) is 1. The molecule has 3 rings (SSSR count). The van der Waals surface area contributed by atoms with Crippen molar-refractivity contribution in [3.05, 3.63) is 40.5 Å². The zero-order valence-electron chi connectivity index (χ0n) is 14.5. The van der Waals surface area contributed by atoms with Crippen molar-refractivity contribution in [2.24, 2.45) is 11.1 Å². The summed E-state index contributed by atoms with van der Waals surface area (Å²) >= 11 is 0. The lowest BCUT2D eigenvalue weighted by molar-refractivity contribution is -0.108. The Labute approximate surface area is 143 Å². The van der Waals surface area contributed by atoms with Gasteiger partial charge >= 0.3 is 0 Å². The van der Waals surface area contributed by atoms with Crippen molar-refractivity contribution in [1.29, 1.82) is 0 Å². The summed E-state index contributed by atoms with van der Waals surface area (Å²) in [5, 5.41) is 15.7. The van der Waals surface area contributed by atoms with E-state index in [9.17, 15) is 4.79 Å². The van der Waals surface area contributed by atoms with Crippen LogP contribution in [0.4, 0.5) is 0 Å². The van der Waals surface area contributed by atoms with Crippen LogP contribution in [0.15, 0.2) is 28.9 Å². The maximum Gasteiger partial charge on any atom is 0.120 e. The molecule has 1 unspecified atom stereocenters. The second-order valence-corrected chi connectivity index (χ2v) is 7.59. The SMILES string of the molecule is CC1(C)Cc2ccc(/C=N\O)cc2C(=C2CCCCC2CC=O)N1. The lowest BCUT2D eigenvalue weighted by atomic mass is 9.77. The van der Waals surface area contributed by atoms with E-state index in [2.05, 4.69) is 36.5 Å². The monoisotopic (exact) mass is 326 g/mol. The largest absolute Gasteiger partial charge is 0.411 e. The van der Waals surface area contributed by atoms with Crippen LogP contribution >= 0.6 is 0 Å². The second-order valence-electron chi connectivity index (χ2n) is 7.59. The minimum absolute atomic E-state index is 0.00884. The molecule has 1 aromatic rings. The summed E-state index contributed by atoms with van der Waals surface area (Å²) in [5.74, 6) is 0.343. The van der Waals surface area contributed by atoms with Crippen LogP contribution in [0.3, 0.4) is 0 Å². The summed E-state index contributed by atoms with van der Waals surface area (Å²) in [6, 6.07) is 6.21. The summed E-state index contributed by atoms with van der Waals surface area (Å²) < 4.78 is 0. The third-order valence-electron chi connectivity index (χ3n) is 5.15. The molecule has 1 heterocycles. The Kier molecular flexibility index (Phi) is 4.74. The van der Waals surface area contributed by atoms with Gasteiger partial charge in [-0.2, -0.15) is 0 Å². The van der Waals surface area contributed by atoms with E-state index < -0.39 is 0 Å². The first-order valence-corrected chi connectivity index (χ1v) is 8.79. The zero-order valence-corrected chi connectivity index (χ0v) is 14.5. The van der Waals surface area contributed by atoms with Crippen molar-refractivity contribution >= 4 is 18.2 Å².